The molecule has 0 bridgehead atoms. The van der Waals surface area contributed by atoms with Gasteiger partial charge in [0.25, 0.3) is 5.91 Å². The molecule has 2 unspecified atom stereocenters. The van der Waals surface area contributed by atoms with Crippen LogP contribution in [0.3, 0.4) is 0 Å². The quantitative estimate of drug-likeness (QED) is 0.733. The molecule has 3 aromatic rings. The van der Waals surface area contributed by atoms with Crippen LogP contribution < -0.4 is 10.6 Å². The van der Waals surface area contributed by atoms with Crippen molar-refractivity contribution in [3.63, 3.8) is 0 Å². The van der Waals surface area contributed by atoms with Crippen LogP contribution in [0.25, 0.3) is 22.0 Å². The summed E-state index contributed by atoms with van der Waals surface area (Å²) in [7, 11) is 0. The second kappa shape index (κ2) is 7.43. The highest BCUT2D eigenvalue weighted by Crippen LogP contribution is 2.34. The van der Waals surface area contributed by atoms with E-state index in [0.717, 1.165) is 30.0 Å². The van der Waals surface area contributed by atoms with Crippen LogP contribution in [0.5, 0.6) is 0 Å². The van der Waals surface area contributed by atoms with Gasteiger partial charge in [-0.3, -0.25) is 4.79 Å². The minimum absolute atomic E-state index is 0.0572. The van der Waals surface area contributed by atoms with Crippen molar-refractivity contribution in [2.24, 2.45) is 0 Å². The molecule has 2 aromatic heterocycles. The van der Waals surface area contributed by atoms with Gasteiger partial charge in [-0.1, -0.05) is 30.3 Å². The van der Waals surface area contributed by atoms with Crippen molar-refractivity contribution in [1.82, 2.24) is 15.6 Å². The van der Waals surface area contributed by atoms with Gasteiger partial charge in [0.1, 0.15) is 4.88 Å². The van der Waals surface area contributed by atoms with Gasteiger partial charge >= 0.3 is 0 Å². The Labute approximate surface area is 156 Å². The van der Waals surface area contributed by atoms with E-state index in [4.69, 9.17) is 9.40 Å². The molecule has 2 atom stereocenters. The summed E-state index contributed by atoms with van der Waals surface area (Å²) in [5.74, 6) is 0.625. The summed E-state index contributed by atoms with van der Waals surface area (Å²) in [5.41, 5.74) is 1.65. The Morgan fingerprint density at radius 3 is 2.85 bits per heavy atom. The largest absolute Gasteiger partial charge is 0.462 e. The molecule has 0 spiro atoms. The van der Waals surface area contributed by atoms with Gasteiger partial charge in [0, 0.05) is 17.6 Å². The number of hydrogen-bond donors (Lipinski definition) is 2. The average Bonchev–Trinajstić information content (AvgIpc) is 3.32. The predicted molar refractivity (Wildman–Crippen MR) is 103 cm³/mol. The summed E-state index contributed by atoms with van der Waals surface area (Å²) in [6, 6.07) is 14.1. The molecule has 3 heterocycles. The van der Waals surface area contributed by atoms with E-state index in [1.54, 1.807) is 6.26 Å². The Balaban J connectivity index is 1.66. The first-order valence-electron chi connectivity index (χ1n) is 8.85. The van der Waals surface area contributed by atoms with Crippen LogP contribution in [0, 0.1) is 0 Å². The maximum Gasteiger partial charge on any atom is 0.263 e. The fourth-order valence-corrected chi connectivity index (χ4v) is 4.24. The van der Waals surface area contributed by atoms with Crippen LogP contribution in [-0.4, -0.2) is 29.5 Å². The summed E-state index contributed by atoms with van der Waals surface area (Å²) < 4.78 is 5.48. The lowest BCUT2D eigenvalue weighted by atomic mass is 10.0. The first kappa shape index (κ1) is 17.0. The van der Waals surface area contributed by atoms with E-state index in [-0.39, 0.29) is 11.9 Å². The van der Waals surface area contributed by atoms with Crippen molar-refractivity contribution in [1.29, 1.82) is 0 Å². The number of carbonyl (C=O) groups is 1. The lowest BCUT2D eigenvalue weighted by molar-refractivity contribution is 0.0930. The van der Waals surface area contributed by atoms with Gasteiger partial charge in [-0.25, -0.2) is 4.98 Å². The summed E-state index contributed by atoms with van der Waals surface area (Å²) in [4.78, 5) is 18.3. The molecule has 2 N–H and O–H groups in total. The van der Waals surface area contributed by atoms with Gasteiger partial charge in [-0.15, -0.1) is 11.3 Å². The third kappa shape index (κ3) is 3.57. The Hall–Kier alpha value is -2.44. The molecular formula is C20H21N3O2S. The van der Waals surface area contributed by atoms with E-state index < -0.39 is 0 Å². The number of hydrogen-bond acceptors (Lipinski definition) is 5. The second-order valence-corrected chi connectivity index (χ2v) is 7.59. The number of furan rings is 1. The van der Waals surface area contributed by atoms with Crippen molar-refractivity contribution in [2.45, 2.75) is 31.8 Å². The first-order chi connectivity index (χ1) is 12.7. The van der Waals surface area contributed by atoms with E-state index in [1.165, 1.54) is 11.3 Å². The number of carbonyl (C=O) groups excluding carboxylic acids is 1. The molecule has 0 radical (unpaired) electrons. The highest BCUT2D eigenvalue weighted by molar-refractivity contribution is 7.17. The highest BCUT2D eigenvalue weighted by atomic mass is 32.1. The number of nitrogens with one attached hydrogen (secondary N) is 2. The summed E-state index contributed by atoms with van der Waals surface area (Å²) in [5, 5.41) is 7.33. The van der Waals surface area contributed by atoms with Gasteiger partial charge in [0.05, 0.1) is 12.0 Å². The van der Waals surface area contributed by atoms with Gasteiger partial charge in [0.2, 0.25) is 0 Å². The van der Waals surface area contributed by atoms with Crippen LogP contribution in [0.1, 0.15) is 29.4 Å². The topological polar surface area (TPSA) is 67.2 Å². The molecule has 1 fully saturated rings. The number of benzene rings is 1. The van der Waals surface area contributed by atoms with E-state index >= 15 is 0 Å². The van der Waals surface area contributed by atoms with Crippen molar-refractivity contribution in [3.8, 4) is 22.0 Å². The lowest BCUT2D eigenvalue weighted by Gasteiger charge is -2.28. The molecule has 134 valence electrons. The Morgan fingerprint density at radius 1 is 1.27 bits per heavy atom. The van der Waals surface area contributed by atoms with Gasteiger partial charge in [-0.05, 0) is 38.4 Å². The minimum Gasteiger partial charge on any atom is -0.462 e. The molecule has 5 nitrogen and oxygen atoms in total. The number of amides is 1. The molecule has 1 amide bonds. The van der Waals surface area contributed by atoms with Crippen molar-refractivity contribution < 1.29 is 9.21 Å². The number of aromatic nitrogens is 1. The smallest absolute Gasteiger partial charge is 0.263 e. The van der Waals surface area contributed by atoms with E-state index in [0.29, 0.717) is 22.4 Å². The maximum atomic E-state index is 13.0. The Kier molecular flexibility index (Phi) is 4.86. The van der Waals surface area contributed by atoms with Crippen molar-refractivity contribution in [3.05, 3.63) is 53.6 Å². The highest BCUT2D eigenvalue weighted by Gasteiger charge is 2.25. The predicted octanol–water partition coefficient (Wildman–Crippen LogP) is 3.94. The van der Waals surface area contributed by atoms with Gasteiger partial charge in [-0.2, -0.15) is 0 Å². The Bertz CT molecular complexity index is 874. The molecule has 0 aliphatic carbocycles. The SMILES string of the molecule is CC1CC(NC(=O)c2sc(-c3ccco3)nc2-c2ccccc2)CCN1. The van der Waals surface area contributed by atoms with Crippen LogP contribution in [0.15, 0.2) is 53.1 Å². The minimum atomic E-state index is -0.0572. The lowest BCUT2D eigenvalue weighted by Crippen LogP contribution is -2.46. The van der Waals surface area contributed by atoms with Crippen LogP contribution in [-0.2, 0) is 0 Å². The van der Waals surface area contributed by atoms with E-state index in [2.05, 4.69) is 17.6 Å². The monoisotopic (exact) mass is 367 g/mol. The zero-order valence-electron chi connectivity index (χ0n) is 14.6. The summed E-state index contributed by atoms with van der Waals surface area (Å²) in [6.45, 7) is 3.08. The fourth-order valence-electron chi connectivity index (χ4n) is 3.29. The Morgan fingerprint density at radius 2 is 2.12 bits per heavy atom. The molecule has 1 aliphatic rings. The zero-order chi connectivity index (χ0) is 17.9. The zero-order valence-corrected chi connectivity index (χ0v) is 15.4. The third-order valence-electron chi connectivity index (χ3n) is 4.57. The molecule has 0 saturated carbocycles. The molecule has 1 saturated heterocycles. The molecule has 26 heavy (non-hydrogen) atoms. The standard InChI is InChI=1S/C20H21N3O2S/c1-13-12-15(9-10-21-13)22-19(24)18-17(14-6-3-2-4-7-14)23-20(26-18)16-8-5-11-25-16/h2-8,11,13,15,21H,9-10,12H2,1H3,(H,22,24). The van der Waals surface area contributed by atoms with Crippen molar-refractivity contribution >= 4 is 17.2 Å². The van der Waals surface area contributed by atoms with E-state index in [9.17, 15) is 4.79 Å². The van der Waals surface area contributed by atoms with Crippen LogP contribution in [0.4, 0.5) is 0 Å². The molecule has 6 heteroatoms. The van der Waals surface area contributed by atoms with Crippen molar-refractivity contribution in [2.75, 3.05) is 6.54 Å². The van der Waals surface area contributed by atoms with Gasteiger partial charge < -0.3 is 15.1 Å². The number of piperidine rings is 1. The fraction of sp³-hybridized carbons (Fsp3) is 0.300. The first-order valence-corrected chi connectivity index (χ1v) is 9.66. The normalized spacial score (nSPS) is 20.0. The van der Waals surface area contributed by atoms with E-state index in [1.807, 2.05) is 42.5 Å². The molecule has 1 aromatic carbocycles. The number of thiazole rings is 1. The molecular weight excluding hydrogens is 346 g/mol. The summed E-state index contributed by atoms with van der Waals surface area (Å²) >= 11 is 1.38. The van der Waals surface area contributed by atoms with Crippen LogP contribution >= 0.6 is 11.3 Å². The second-order valence-electron chi connectivity index (χ2n) is 6.59. The number of nitrogens with zero attached hydrogens (tertiary/aromatic N) is 1. The third-order valence-corrected chi connectivity index (χ3v) is 5.64. The summed E-state index contributed by atoms with van der Waals surface area (Å²) in [6.07, 6.45) is 3.51. The molecule has 4 rings (SSSR count). The van der Waals surface area contributed by atoms with Gasteiger partial charge in [0.15, 0.2) is 10.8 Å². The maximum absolute atomic E-state index is 13.0. The number of rotatable bonds is 4. The average molecular weight is 367 g/mol. The molecule has 1 aliphatic heterocycles. The van der Waals surface area contributed by atoms with Crippen LogP contribution in [0.2, 0.25) is 0 Å².